The van der Waals surface area contributed by atoms with Crippen LogP contribution in [0.25, 0.3) is 0 Å². The number of urea groups is 1. The third kappa shape index (κ3) is 3.10. The molecular weight excluding hydrogens is 210 g/mol. The van der Waals surface area contributed by atoms with Crippen LogP contribution >= 0.6 is 0 Å². The summed E-state index contributed by atoms with van der Waals surface area (Å²) < 4.78 is 0. The summed E-state index contributed by atoms with van der Waals surface area (Å²) in [4.78, 5) is 25.7. The van der Waals surface area contributed by atoms with Crippen molar-refractivity contribution in [2.75, 3.05) is 33.7 Å². The van der Waals surface area contributed by atoms with Crippen molar-refractivity contribution in [3.63, 3.8) is 0 Å². The van der Waals surface area contributed by atoms with Crippen LogP contribution in [0.4, 0.5) is 4.79 Å². The Labute approximate surface area is 95.2 Å². The van der Waals surface area contributed by atoms with Crippen molar-refractivity contribution < 1.29 is 14.7 Å². The minimum atomic E-state index is -1.02. The molecule has 2 N–H and O–H groups in total. The molecule has 1 heterocycles. The molecule has 1 saturated heterocycles. The number of carboxylic acids is 1. The average Bonchev–Trinajstić information content (AvgIpc) is 2.56. The summed E-state index contributed by atoms with van der Waals surface area (Å²) in [5, 5.41) is 10.8. The lowest BCUT2D eigenvalue weighted by atomic mass is 10.1. The smallest absolute Gasteiger partial charge is 0.323 e. The highest BCUT2D eigenvalue weighted by molar-refractivity contribution is 5.80. The van der Waals surface area contributed by atoms with Crippen molar-refractivity contribution in [3.05, 3.63) is 0 Å². The molecule has 0 spiro atoms. The molecule has 2 unspecified atom stereocenters. The van der Waals surface area contributed by atoms with E-state index >= 15 is 0 Å². The summed E-state index contributed by atoms with van der Waals surface area (Å²) >= 11 is 0. The second-order valence-corrected chi connectivity index (χ2v) is 4.47. The van der Waals surface area contributed by atoms with Gasteiger partial charge in [0, 0.05) is 19.1 Å². The lowest BCUT2D eigenvalue weighted by Gasteiger charge is -2.22. The Morgan fingerprint density at radius 2 is 2.06 bits per heavy atom. The molecule has 1 aliphatic rings. The molecule has 1 aliphatic heterocycles. The largest absolute Gasteiger partial charge is 0.480 e. The van der Waals surface area contributed by atoms with Crippen LogP contribution < -0.4 is 5.32 Å². The van der Waals surface area contributed by atoms with Crippen molar-refractivity contribution in [1.82, 2.24) is 15.1 Å². The first kappa shape index (κ1) is 12.8. The van der Waals surface area contributed by atoms with Gasteiger partial charge in [0.2, 0.25) is 0 Å². The minimum absolute atomic E-state index is 0.293. The summed E-state index contributed by atoms with van der Waals surface area (Å²) in [7, 11) is 3.97. The number of nitrogens with one attached hydrogen (secondary N) is 1. The number of likely N-dealkylation sites (tertiary alicyclic amines) is 1. The van der Waals surface area contributed by atoms with Gasteiger partial charge in [-0.2, -0.15) is 0 Å². The van der Waals surface area contributed by atoms with E-state index in [1.165, 1.54) is 0 Å². The monoisotopic (exact) mass is 229 g/mol. The van der Waals surface area contributed by atoms with Gasteiger partial charge in [-0.05, 0) is 20.0 Å². The molecular formula is C10H19N3O3. The number of amides is 2. The highest BCUT2D eigenvalue weighted by Gasteiger charge is 2.33. The van der Waals surface area contributed by atoms with Crippen LogP contribution in [0.3, 0.4) is 0 Å². The number of carbonyl (C=O) groups is 2. The molecule has 92 valence electrons. The van der Waals surface area contributed by atoms with Gasteiger partial charge in [0.05, 0.1) is 0 Å². The number of nitrogens with zero attached hydrogens (tertiary/aromatic N) is 2. The van der Waals surface area contributed by atoms with E-state index < -0.39 is 5.97 Å². The van der Waals surface area contributed by atoms with Crippen molar-refractivity contribution in [2.24, 2.45) is 5.92 Å². The van der Waals surface area contributed by atoms with Crippen LogP contribution in [-0.2, 0) is 4.79 Å². The molecule has 2 atom stereocenters. The second kappa shape index (κ2) is 5.16. The van der Waals surface area contributed by atoms with Crippen LogP contribution in [0.15, 0.2) is 0 Å². The third-order valence-electron chi connectivity index (χ3n) is 2.91. The fraction of sp³-hybridized carbons (Fsp3) is 0.800. The first-order valence-corrected chi connectivity index (χ1v) is 5.32. The van der Waals surface area contributed by atoms with Crippen molar-refractivity contribution in [1.29, 1.82) is 0 Å². The molecule has 6 heteroatoms. The first-order chi connectivity index (χ1) is 7.41. The molecule has 0 aromatic rings. The number of likely N-dealkylation sites (N-methyl/N-ethyl adjacent to an activating group) is 1. The Morgan fingerprint density at radius 3 is 2.50 bits per heavy atom. The summed E-state index contributed by atoms with van der Waals surface area (Å²) in [5.74, 6) is -0.615. The third-order valence-corrected chi connectivity index (χ3v) is 2.91. The number of hydrogen-bond donors (Lipinski definition) is 2. The van der Waals surface area contributed by atoms with Gasteiger partial charge in [0.15, 0.2) is 0 Å². The van der Waals surface area contributed by atoms with E-state index in [0.29, 0.717) is 25.0 Å². The van der Waals surface area contributed by atoms with E-state index in [2.05, 4.69) is 17.1 Å². The molecule has 0 radical (unpaired) electrons. The van der Waals surface area contributed by atoms with E-state index in [1.807, 2.05) is 14.1 Å². The van der Waals surface area contributed by atoms with Crippen LogP contribution in [0.2, 0.25) is 0 Å². The number of carbonyl (C=O) groups excluding carboxylic acids is 1. The van der Waals surface area contributed by atoms with Gasteiger partial charge < -0.3 is 20.2 Å². The Hall–Kier alpha value is -1.30. The molecule has 6 nitrogen and oxygen atoms in total. The lowest BCUT2D eigenvalue weighted by molar-refractivity contribution is -0.135. The average molecular weight is 229 g/mol. The zero-order chi connectivity index (χ0) is 12.3. The number of hydrogen-bond acceptors (Lipinski definition) is 3. The summed E-state index contributed by atoms with van der Waals surface area (Å²) in [6.07, 6.45) is 0. The van der Waals surface area contributed by atoms with Gasteiger partial charge in [0.1, 0.15) is 6.54 Å². The Morgan fingerprint density at radius 1 is 1.44 bits per heavy atom. The van der Waals surface area contributed by atoms with E-state index in [0.717, 1.165) is 0 Å². The van der Waals surface area contributed by atoms with Gasteiger partial charge in [-0.1, -0.05) is 6.92 Å². The second-order valence-electron chi connectivity index (χ2n) is 4.47. The molecule has 0 aliphatic carbocycles. The molecule has 2 amide bonds. The zero-order valence-corrected chi connectivity index (χ0v) is 9.93. The Bertz CT molecular complexity index is 280. The first-order valence-electron chi connectivity index (χ1n) is 5.32. The van der Waals surface area contributed by atoms with Crippen LogP contribution in [0, 0.1) is 5.92 Å². The fourth-order valence-corrected chi connectivity index (χ4v) is 2.05. The zero-order valence-electron chi connectivity index (χ0n) is 9.93. The maximum atomic E-state index is 11.6. The SMILES string of the molecule is CC1CN(C(=O)NCC(=O)O)CC1N(C)C. The molecule has 1 rings (SSSR count). The van der Waals surface area contributed by atoms with Gasteiger partial charge >= 0.3 is 12.0 Å². The summed E-state index contributed by atoms with van der Waals surface area (Å²) in [6, 6.07) is 0.0502. The maximum Gasteiger partial charge on any atom is 0.323 e. The highest BCUT2D eigenvalue weighted by Crippen LogP contribution is 2.19. The van der Waals surface area contributed by atoms with Gasteiger partial charge in [-0.15, -0.1) is 0 Å². The molecule has 16 heavy (non-hydrogen) atoms. The van der Waals surface area contributed by atoms with Gasteiger partial charge in [0.25, 0.3) is 0 Å². The van der Waals surface area contributed by atoms with Crippen LogP contribution in [0.5, 0.6) is 0 Å². The summed E-state index contributed by atoms with van der Waals surface area (Å²) in [6.45, 7) is 3.10. The Balaban J connectivity index is 2.45. The quantitative estimate of drug-likeness (QED) is 0.694. The van der Waals surface area contributed by atoms with Crippen molar-refractivity contribution in [2.45, 2.75) is 13.0 Å². The predicted molar refractivity (Wildman–Crippen MR) is 59.2 cm³/mol. The molecule has 0 aromatic carbocycles. The number of aliphatic carboxylic acids is 1. The van der Waals surface area contributed by atoms with E-state index in [1.54, 1.807) is 4.90 Å². The topological polar surface area (TPSA) is 72.9 Å². The molecule has 0 bridgehead atoms. The fourth-order valence-electron chi connectivity index (χ4n) is 2.05. The standard InChI is InChI=1S/C10H19N3O3/c1-7-5-13(6-8(7)12(2)3)10(16)11-4-9(14)15/h7-8H,4-6H2,1-3H3,(H,11,16)(H,14,15). The normalized spacial score (nSPS) is 24.9. The molecule has 0 saturated carbocycles. The molecule has 0 aromatic heterocycles. The maximum absolute atomic E-state index is 11.6. The Kier molecular flexibility index (Phi) is 4.12. The van der Waals surface area contributed by atoms with Gasteiger partial charge in [-0.3, -0.25) is 4.79 Å². The minimum Gasteiger partial charge on any atom is -0.480 e. The van der Waals surface area contributed by atoms with Crippen molar-refractivity contribution in [3.8, 4) is 0 Å². The number of rotatable bonds is 3. The summed E-state index contributed by atoms with van der Waals surface area (Å²) in [5.41, 5.74) is 0. The van der Waals surface area contributed by atoms with E-state index in [4.69, 9.17) is 5.11 Å². The molecule has 1 fully saturated rings. The number of carboxylic acid groups (broad SMARTS) is 1. The lowest BCUT2D eigenvalue weighted by Crippen LogP contribution is -2.42. The van der Waals surface area contributed by atoms with Crippen molar-refractivity contribution >= 4 is 12.0 Å². The van der Waals surface area contributed by atoms with E-state index in [-0.39, 0.29) is 12.6 Å². The van der Waals surface area contributed by atoms with Crippen LogP contribution in [0.1, 0.15) is 6.92 Å². The van der Waals surface area contributed by atoms with Crippen LogP contribution in [-0.4, -0.2) is 66.7 Å². The predicted octanol–water partition coefficient (Wildman–Crippen LogP) is -0.337. The highest BCUT2D eigenvalue weighted by atomic mass is 16.4. The van der Waals surface area contributed by atoms with Gasteiger partial charge in [-0.25, -0.2) is 4.79 Å². The van der Waals surface area contributed by atoms with E-state index in [9.17, 15) is 9.59 Å².